The van der Waals surface area contributed by atoms with Gasteiger partial charge in [0, 0.05) is 30.1 Å². The minimum Gasteiger partial charge on any atom is -0.392 e. The fraction of sp³-hybridized carbons (Fsp3) is 0.267. The summed E-state index contributed by atoms with van der Waals surface area (Å²) in [5.74, 6) is 0.655. The van der Waals surface area contributed by atoms with Crippen LogP contribution in [0, 0.1) is 0 Å². The van der Waals surface area contributed by atoms with Crippen molar-refractivity contribution in [3.63, 3.8) is 0 Å². The first-order chi connectivity index (χ1) is 9.73. The molecule has 20 heavy (non-hydrogen) atoms. The smallest absolute Gasteiger partial charge is 0.237 e. The number of carbonyl (C=O) groups is 1. The van der Waals surface area contributed by atoms with Crippen molar-refractivity contribution in [3.8, 4) is 0 Å². The zero-order valence-corrected chi connectivity index (χ0v) is 10.8. The van der Waals surface area contributed by atoms with E-state index < -0.39 is 5.41 Å². The number of hydrogen-bond donors (Lipinski definition) is 2. The fourth-order valence-electron chi connectivity index (χ4n) is 3.25. The number of aliphatic hydroxyl groups is 1. The predicted molar refractivity (Wildman–Crippen MR) is 72.1 cm³/mol. The van der Waals surface area contributed by atoms with Crippen LogP contribution in [0.5, 0.6) is 0 Å². The second-order valence-electron chi connectivity index (χ2n) is 5.40. The van der Waals surface area contributed by atoms with E-state index in [4.69, 9.17) is 0 Å². The Kier molecular flexibility index (Phi) is 2.23. The van der Waals surface area contributed by atoms with Gasteiger partial charge in [0.15, 0.2) is 0 Å². The second-order valence-corrected chi connectivity index (χ2v) is 5.40. The lowest BCUT2D eigenvalue weighted by Crippen LogP contribution is -2.35. The Labute approximate surface area is 115 Å². The number of hydrogen-bond acceptors (Lipinski definition) is 4. The third-order valence-corrected chi connectivity index (χ3v) is 4.25. The Morgan fingerprint density at radius 3 is 3.10 bits per heavy atom. The van der Waals surface area contributed by atoms with Crippen LogP contribution in [-0.4, -0.2) is 21.0 Å². The zero-order valence-electron chi connectivity index (χ0n) is 10.8. The Morgan fingerprint density at radius 1 is 1.35 bits per heavy atom. The quantitative estimate of drug-likeness (QED) is 0.807. The van der Waals surface area contributed by atoms with Crippen LogP contribution in [0.2, 0.25) is 0 Å². The van der Waals surface area contributed by atoms with Gasteiger partial charge in [0.1, 0.15) is 5.82 Å². The number of aliphatic hydroxyl groups excluding tert-OH is 1. The molecular formula is C15H13N3O2. The van der Waals surface area contributed by atoms with E-state index in [9.17, 15) is 9.90 Å². The average molecular weight is 267 g/mol. The number of aromatic nitrogens is 2. The van der Waals surface area contributed by atoms with E-state index in [1.54, 1.807) is 12.4 Å². The van der Waals surface area contributed by atoms with E-state index in [0.29, 0.717) is 18.7 Å². The molecule has 1 spiro atoms. The number of fused-ring (bicyclic) bond motifs is 3. The Morgan fingerprint density at radius 2 is 2.25 bits per heavy atom. The van der Waals surface area contributed by atoms with Crippen molar-refractivity contribution in [2.75, 3.05) is 5.32 Å². The summed E-state index contributed by atoms with van der Waals surface area (Å²) in [7, 11) is 0. The molecule has 0 fully saturated rings. The highest BCUT2D eigenvalue weighted by atomic mass is 16.3. The van der Waals surface area contributed by atoms with Gasteiger partial charge in [-0.15, -0.1) is 0 Å². The zero-order chi connectivity index (χ0) is 13.7. The van der Waals surface area contributed by atoms with Crippen LogP contribution < -0.4 is 5.32 Å². The maximum absolute atomic E-state index is 12.5. The third kappa shape index (κ3) is 1.38. The van der Waals surface area contributed by atoms with Gasteiger partial charge in [-0.25, -0.2) is 4.98 Å². The van der Waals surface area contributed by atoms with E-state index in [2.05, 4.69) is 15.3 Å². The Bertz CT molecular complexity index is 729. The van der Waals surface area contributed by atoms with Crippen molar-refractivity contribution >= 4 is 11.7 Å². The summed E-state index contributed by atoms with van der Waals surface area (Å²) in [6.07, 6.45) is 4.57. The second kappa shape index (κ2) is 3.86. The minimum absolute atomic E-state index is 0.00486. The molecule has 1 aliphatic carbocycles. The lowest BCUT2D eigenvalue weighted by molar-refractivity contribution is -0.120. The van der Waals surface area contributed by atoms with Gasteiger partial charge in [-0.2, -0.15) is 0 Å². The molecule has 2 aromatic rings. The standard InChI is InChI=1S/C15H13N3O2/c19-8-9-4-10-5-15(6-12(10)17-7-9)11-2-1-3-16-13(11)18-14(15)20/h1-4,7,19H,5-6,8H2,(H,16,18,20). The summed E-state index contributed by atoms with van der Waals surface area (Å²) in [4.78, 5) is 21.1. The van der Waals surface area contributed by atoms with Crippen molar-refractivity contribution in [2.45, 2.75) is 24.9 Å². The molecule has 0 saturated carbocycles. The number of anilines is 1. The number of nitrogens with one attached hydrogen (secondary N) is 1. The molecule has 2 aliphatic rings. The van der Waals surface area contributed by atoms with Gasteiger partial charge in [0.25, 0.3) is 0 Å². The van der Waals surface area contributed by atoms with Crippen molar-refractivity contribution in [3.05, 3.63) is 53.0 Å². The summed E-state index contributed by atoms with van der Waals surface area (Å²) in [6.45, 7) is -0.0301. The first-order valence-electron chi connectivity index (χ1n) is 6.57. The molecule has 0 saturated heterocycles. The van der Waals surface area contributed by atoms with Gasteiger partial charge in [0.05, 0.1) is 12.0 Å². The van der Waals surface area contributed by atoms with E-state index in [0.717, 1.165) is 22.4 Å². The van der Waals surface area contributed by atoms with Crippen LogP contribution in [0.15, 0.2) is 30.6 Å². The first-order valence-corrected chi connectivity index (χ1v) is 6.57. The molecule has 5 nitrogen and oxygen atoms in total. The normalized spacial score (nSPS) is 22.8. The fourth-order valence-corrected chi connectivity index (χ4v) is 3.25. The predicted octanol–water partition coefficient (Wildman–Crippen LogP) is 0.958. The number of pyridine rings is 2. The lowest BCUT2D eigenvalue weighted by Gasteiger charge is -2.19. The van der Waals surface area contributed by atoms with Crippen molar-refractivity contribution in [1.29, 1.82) is 0 Å². The third-order valence-electron chi connectivity index (χ3n) is 4.25. The van der Waals surface area contributed by atoms with Crippen LogP contribution >= 0.6 is 0 Å². The van der Waals surface area contributed by atoms with Gasteiger partial charge in [-0.1, -0.05) is 12.1 Å². The maximum Gasteiger partial charge on any atom is 0.237 e. The Balaban J connectivity index is 1.83. The topological polar surface area (TPSA) is 75.1 Å². The van der Waals surface area contributed by atoms with Gasteiger partial charge in [0.2, 0.25) is 5.91 Å². The van der Waals surface area contributed by atoms with E-state index in [1.807, 2.05) is 18.2 Å². The van der Waals surface area contributed by atoms with Crippen molar-refractivity contribution in [1.82, 2.24) is 9.97 Å². The molecule has 100 valence electrons. The summed E-state index contributed by atoms with van der Waals surface area (Å²) in [5.41, 5.74) is 3.14. The molecule has 0 radical (unpaired) electrons. The molecular weight excluding hydrogens is 254 g/mol. The summed E-state index contributed by atoms with van der Waals surface area (Å²) in [5, 5.41) is 12.1. The summed E-state index contributed by atoms with van der Waals surface area (Å²) in [6, 6.07) is 5.76. The maximum atomic E-state index is 12.5. The highest BCUT2D eigenvalue weighted by molar-refractivity contribution is 6.06. The molecule has 4 rings (SSSR count). The number of rotatable bonds is 1. The van der Waals surface area contributed by atoms with Gasteiger partial charge in [-0.3, -0.25) is 9.78 Å². The van der Waals surface area contributed by atoms with Crippen molar-refractivity contribution in [2.24, 2.45) is 0 Å². The van der Waals surface area contributed by atoms with E-state index in [1.165, 1.54) is 0 Å². The van der Waals surface area contributed by atoms with Crippen LogP contribution in [0.3, 0.4) is 0 Å². The number of amides is 1. The monoisotopic (exact) mass is 267 g/mol. The van der Waals surface area contributed by atoms with Crippen molar-refractivity contribution < 1.29 is 9.90 Å². The molecule has 1 amide bonds. The van der Waals surface area contributed by atoms with Crippen LogP contribution in [-0.2, 0) is 29.7 Å². The molecule has 5 heteroatoms. The van der Waals surface area contributed by atoms with Gasteiger partial charge in [-0.05, 0) is 23.6 Å². The molecule has 0 bridgehead atoms. The van der Waals surface area contributed by atoms with E-state index in [-0.39, 0.29) is 12.5 Å². The molecule has 3 heterocycles. The molecule has 0 aromatic carbocycles. The minimum atomic E-state index is -0.576. The average Bonchev–Trinajstić information content (AvgIpc) is 2.98. The van der Waals surface area contributed by atoms with Gasteiger partial charge >= 0.3 is 0 Å². The van der Waals surface area contributed by atoms with Crippen LogP contribution in [0.1, 0.15) is 22.4 Å². The summed E-state index contributed by atoms with van der Waals surface area (Å²) >= 11 is 0. The number of carbonyl (C=O) groups excluding carboxylic acids is 1. The van der Waals surface area contributed by atoms with Crippen LogP contribution in [0.4, 0.5) is 5.82 Å². The highest BCUT2D eigenvalue weighted by Gasteiger charge is 2.51. The summed E-state index contributed by atoms with van der Waals surface area (Å²) < 4.78 is 0. The molecule has 2 aromatic heterocycles. The molecule has 1 atom stereocenters. The molecule has 1 aliphatic heterocycles. The highest BCUT2D eigenvalue weighted by Crippen LogP contribution is 2.45. The largest absolute Gasteiger partial charge is 0.392 e. The Hall–Kier alpha value is -2.27. The number of nitrogens with zero attached hydrogens (tertiary/aromatic N) is 2. The van der Waals surface area contributed by atoms with Crippen LogP contribution in [0.25, 0.3) is 0 Å². The van der Waals surface area contributed by atoms with Gasteiger partial charge < -0.3 is 10.4 Å². The lowest BCUT2D eigenvalue weighted by atomic mass is 9.80. The first kappa shape index (κ1) is 11.5. The van der Waals surface area contributed by atoms with E-state index >= 15 is 0 Å². The molecule has 2 N–H and O–H groups in total. The SMILES string of the molecule is O=C1Nc2ncccc2C12Cc1cc(CO)cnc1C2. The molecule has 1 unspecified atom stereocenters.